The second-order valence-electron chi connectivity index (χ2n) is 3.31. The Bertz CT molecular complexity index is 438. The molecule has 16 heavy (non-hydrogen) atoms. The van der Waals surface area contributed by atoms with Gasteiger partial charge in [0.15, 0.2) is 0 Å². The summed E-state index contributed by atoms with van der Waals surface area (Å²) in [6.07, 6.45) is 0. The summed E-state index contributed by atoms with van der Waals surface area (Å²) in [5.41, 5.74) is 1.34. The topological polar surface area (TPSA) is 46.5 Å². The molecule has 0 heterocycles. The molecule has 0 saturated carbocycles. The number of aryl methyl sites for hydroxylation is 1. The van der Waals surface area contributed by atoms with Gasteiger partial charge in [-0.3, -0.25) is 0 Å². The number of halogens is 1. The predicted octanol–water partition coefficient (Wildman–Crippen LogP) is 3.14. The highest BCUT2D eigenvalue weighted by molar-refractivity contribution is 6.32. The van der Waals surface area contributed by atoms with Gasteiger partial charge in [0.2, 0.25) is 0 Å². The summed E-state index contributed by atoms with van der Waals surface area (Å²) in [6, 6.07) is 3.29. The third-order valence-corrected chi connectivity index (χ3v) is 2.46. The zero-order valence-electron chi connectivity index (χ0n) is 9.21. The van der Waals surface area contributed by atoms with E-state index in [1.54, 1.807) is 19.1 Å². The molecule has 0 aliphatic heterocycles. The number of aliphatic carboxylic acids is 1. The van der Waals surface area contributed by atoms with Gasteiger partial charge < -0.3 is 9.84 Å². The zero-order valence-corrected chi connectivity index (χ0v) is 9.97. The Hall–Kier alpha value is -1.48. The van der Waals surface area contributed by atoms with Gasteiger partial charge in [-0.1, -0.05) is 18.2 Å². The predicted molar refractivity (Wildman–Crippen MR) is 64.0 cm³/mol. The molecule has 0 spiro atoms. The fourth-order valence-corrected chi connectivity index (χ4v) is 1.58. The van der Waals surface area contributed by atoms with Gasteiger partial charge in [0.1, 0.15) is 5.75 Å². The molecule has 1 aromatic carbocycles. The number of carbonyl (C=O) groups is 1. The van der Waals surface area contributed by atoms with E-state index in [-0.39, 0.29) is 5.57 Å². The lowest BCUT2D eigenvalue weighted by Gasteiger charge is -2.11. The van der Waals surface area contributed by atoms with Crippen molar-refractivity contribution in [2.75, 3.05) is 6.61 Å². The first-order valence-corrected chi connectivity index (χ1v) is 5.20. The summed E-state index contributed by atoms with van der Waals surface area (Å²) in [5, 5.41) is 9.24. The molecule has 0 aromatic heterocycles. The minimum atomic E-state index is -1.05. The maximum Gasteiger partial charge on any atom is 0.335 e. The van der Waals surface area contributed by atoms with E-state index in [1.807, 2.05) is 6.92 Å². The molecule has 0 radical (unpaired) electrons. The molecule has 1 N–H and O–H groups in total. The first-order chi connectivity index (χ1) is 7.47. The van der Waals surface area contributed by atoms with Crippen LogP contribution in [-0.4, -0.2) is 17.7 Å². The molecule has 0 aliphatic carbocycles. The van der Waals surface area contributed by atoms with Crippen molar-refractivity contribution >= 4 is 23.1 Å². The monoisotopic (exact) mass is 240 g/mol. The molecule has 0 amide bonds. The lowest BCUT2D eigenvalue weighted by Crippen LogP contribution is -2.01. The van der Waals surface area contributed by atoms with Crippen LogP contribution in [0.3, 0.4) is 0 Å². The molecule has 0 bridgehead atoms. The molecule has 4 heteroatoms. The van der Waals surface area contributed by atoms with Crippen LogP contribution in [0.2, 0.25) is 5.02 Å². The molecule has 0 unspecified atom stereocenters. The van der Waals surface area contributed by atoms with Gasteiger partial charge in [0.25, 0.3) is 0 Å². The molecule has 0 saturated heterocycles. The lowest BCUT2D eigenvalue weighted by molar-refractivity contribution is -0.130. The van der Waals surface area contributed by atoms with E-state index >= 15 is 0 Å². The average Bonchev–Trinajstić information content (AvgIpc) is 2.22. The van der Waals surface area contributed by atoms with E-state index in [2.05, 4.69) is 6.58 Å². The standard InChI is InChI=1S/C12H13ClO3/c1-4-16-11-5-7(2)9(6-10(11)13)8(3)12(14)15/h5-6H,3-4H2,1-2H3,(H,14,15). The van der Waals surface area contributed by atoms with Gasteiger partial charge in [-0.15, -0.1) is 0 Å². The molecule has 0 atom stereocenters. The van der Waals surface area contributed by atoms with Crippen molar-refractivity contribution in [1.29, 1.82) is 0 Å². The second kappa shape index (κ2) is 5.03. The van der Waals surface area contributed by atoms with Gasteiger partial charge in [0, 0.05) is 0 Å². The lowest BCUT2D eigenvalue weighted by atomic mass is 10.0. The Labute approximate surface area is 99.3 Å². The summed E-state index contributed by atoms with van der Waals surface area (Å²) < 4.78 is 5.30. The number of benzene rings is 1. The van der Waals surface area contributed by atoms with E-state index in [9.17, 15) is 4.79 Å². The van der Waals surface area contributed by atoms with Crippen molar-refractivity contribution in [3.8, 4) is 5.75 Å². The SMILES string of the molecule is C=C(C(=O)O)c1cc(Cl)c(OCC)cc1C. The van der Waals surface area contributed by atoms with Crippen LogP contribution in [0.25, 0.3) is 5.57 Å². The maximum atomic E-state index is 10.8. The second-order valence-corrected chi connectivity index (χ2v) is 3.72. The quantitative estimate of drug-likeness (QED) is 0.823. The minimum Gasteiger partial charge on any atom is -0.492 e. The van der Waals surface area contributed by atoms with Crippen LogP contribution in [0.4, 0.5) is 0 Å². The summed E-state index contributed by atoms with van der Waals surface area (Å²) in [5.74, 6) is -0.494. The van der Waals surface area contributed by atoms with Crippen molar-refractivity contribution in [2.45, 2.75) is 13.8 Å². The summed E-state index contributed by atoms with van der Waals surface area (Å²) >= 11 is 5.97. The Morgan fingerprint density at radius 1 is 1.56 bits per heavy atom. The maximum absolute atomic E-state index is 10.8. The largest absolute Gasteiger partial charge is 0.492 e. The van der Waals surface area contributed by atoms with Crippen LogP contribution in [-0.2, 0) is 4.79 Å². The smallest absolute Gasteiger partial charge is 0.335 e. The van der Waals surface area contributed by atoms with Crippen molar-refractivity contribution in [3.63, 3.8) is 0 Å². The normalized spacial score (nSPS) is 9.94. The van der Waals surface area contributed by atoms with Gasteiger partial charge in [0.05, 0.1) is 17.2 Å². The first kappa shape index (κ1) is 12.6. The molecule has 0 aliphatic rings. The summed E-state index contributed by atoms with van der Waals surface area (Å²) in [6.45, 7) is 7.67. The Morgan fingerprint density at radius 3 is 2.69 bits per heavy atom. The fourth-order valence-electron chi connectivity index (χ4n) is 1.36. The van der Waals surface area contributed by atoms with Crippen molar-refractivity contribution < 1.29 is 14.6 Å². The molecule has 0 fully saturated rings. The summed E-state index contributed by atoms with van der Waals surface area (Å²) in [4.78, 5) is 10.8. The molecular weight excluding hydrogens is 228 g/mol. The van der Waals surface area contributed by atoms with Gasteiger partial charge in [-0.25, -0.2) is 4.79 Å². The average molecular weight is 241 g/mol. The van der Waals surface area contributed by atoms with E-state index in [0.29, 0.717) is 22.9 Å². The highest BCUT2D eigenvalue weighted by atomic mass is 35.5. The molecule has 1 aromatic rings. The van der Waals surface area contributed by atoms with Crippen LogP contribution in [0.1, 0.15) is 18.1 Å². The van der Waals surface area contributed by atoms with Crippen LogP contribution < -0.4 is 4.74 Å². The number of carboxylic acids is 1. The zero-order chi connectivity index (χ0) is 12.3. The van der Waals surface area contributed by atoms with Gasteiger partial charge in [-0.2, -0.15) is 0 Å². The third kappa shape index (κ3) is 2.55. The number of hydrogen-bond acceptors (Lipinski definition) is 2. The van der Waals surface area contributed by atoms with Crippen molar-refractivity contribution in [1.82, 2.24) is 0 Å². The van der Waals surface area contributed by atoms with Crippen molar-refractivity contribution in [3.05, 3.63) is 34.9 Å². The number of rotatable bonds is 4. The van der Waals surface area contributed by atoms with E-state index in [0.717, 1.165) is 5.56 Å². The number of hydrogen-bond donors (Lipinski definition) is 1. The minimum absolute atomic E-state index is 0.0300. The van der Waals surface area contributed by atoms with Crippen LogP contribution >= 0.6 is 11.6 Å². The van der Waals surface area contributed by atoms with E-state index in [1.165, 1.54) is 0 Å². The highest BCUT2D eigenvalue weighted by Gasteiger charge is 2.13. The van der Waals surface area contributed by atoms with Crippen LogP contribution in [0.15, 0.2) is 18.7 Å². The van der Waals surface area contributed by atoms with Crippen LogP contribution in [0.5, 0.6) is 5.75 Å². The molecule has 3 nitrogen and oxygen atoms in total. The van der Waals surface area contributed by atoms with Crippen molar-refractivity contribution in [2.24, 2.45) is 0 Å². The Balaban J connectivity index is 3.20. The first-order valence-electron chi connectivity index (χ1n) is 4.82. The number of carboxylic acid groups (broad SMARTS) is 1. The molecule has 1 rings (SSSR count). The molecular formula is C12H13ClO3. The third-order valence-electron chi connectivity index (χ3n) is 2.16. The van der Waals surface area contributed by atoms with Crippen LogP contribution in [0, 0.1) is 6.92 Å². The Kier molecular flexibility index (Phi) is 3.96. The van der Waals surface area contributed by atoms with E-state index < -0.39 is 5.97 Å². The van der Waals surface area contributed by atoms with Gasteiger partial charge in [-0.05, 0) is 37.1 Å². The highest BCUT2D eigenvalue weighted by Crippen LogP contribution is 2.31. The Morgan fingerprint density at radius 2 is 2.19 bits per heavy atom. The van der Waals surface area contributed by atoms with E-state index in [4.69, 9.17) is 21.4 Å². The fraction of sp³-hybridized carbons (Fsp3) is 0.250. The number of ether oxygens (including phenoxy) is 1. The summed E-state index contributed by atoms with van der Waals surface area (Å²) in [7, 11) is 0. The van der Waals surface area contributed by atoms with Gasteiger partial charge >= 0.3 is 5.97 Å². The molecule has 86 valence electrons.